The third-order valence-electron chi connectivity index (χ3n) is 8.31. The molecule has 0 unspecified atom stereocenters. The number of likely N-dealkylation sites (tertiary alicyclic amines) is 1. The predicted molar refractivity (Wildman–Crippen MR) is 134 cm³/mol. The molecule has 4 aliphatic rings. The normalized spacial score (nSPS) is 29.5. The van der Waals surface area contributed by atoms with Crippen LogP contribution in [0.3, 0.4) is 0 Å². The van der Waals surface area contributed by atoms with Crippen LogP contribution in [0.4, 0.5) is 11.8 Å². The monoisotopic (exact) mass is 506 g/mol. The van der Waals surface area contributed by atoms with Crippen LogP contribution in [0.25, 0.3) is 0 Å². The Kier molecular flexibility index (Phi) is 6.56. The number of hydrogen-bond acceptors (Lipinski definition) is 8. The second kappa shape index (κ2) is 9.24. The number of aromatic nitrogens is 2. The van der Waals surface area contributed by atoms with Crippen LogP contribution in [-0.4, -0.2) is 93.8 Å². The fraction of sp³-hybridized carbons (Fsp3) is 0.792. The predicted octanol–water partition coefficient (Wildman–Crippen LogP) is 1.36. The van der Waals surface area contributed by atoms with Gasteiger partial charge in [0.05, 0.1) is 11.6 Å². The minimum atomic E-state index is -3.27. The molecule has 0 aromatic carbocycles. The maximum absolute atomic E-state index is 13.0. The summed E-state index contributed by atoms with van der Waals surface area (Å²) in [6.07, 6.45) is 6.46. The van der Waals surface area contributed by atoms with E-state index in [4.69, 9.17) is 4.98 Å². The highest BCUT2D eigenvalue weighted by molar-refractivity contribution is 7.89. The average molecular weight is 507 g/mol. The lowest BCUT2D eigenvalue weighted by molar-refractivity contribution is -0.120. The number of aryl methyl sites for hydroxylation is 1. The fourth-order valence-electron chi connectivity index (χ4n) is 5.92. The van der Waals surface area contributed by atoms with Crippen molar-refractivity contribution in [3.8, 4) is 0 Å². The summed E-state index contributed by atoms with van der Waals surface area (Å²) in [5.74, 6) is 1.06. The van der Waals surface area contributed by atoms with E-state index in [0.717, 1.165) is 18.4 Å². The molecule has 1 aliphatic carbocycles. The van der Waals surface area contributed by atoms with E-state index in [9.17, 15) is 18.3 Å². The zero-order valence-corrected chi connectivity index (χ0v) is 21.8. The molecular weight excluding hydrogens is 468 g/mol. The van der Waals surface area contributed by atoms with Crippen LogP contribution in [0.15, 0.2) is 6.20 Å². The number of carbonyl (C=O) groups is 1. The summed E-state index contributed by atoms with van der Waals surface area (Å²) >= 11 is 0. The zero-order valence-electron chi connectivity index (χ0n) is 21.0. The Morgan fingerprint density at radius 1 is 1.17 bits per heavy atom. The van der Waals surface area contributed by atoms with Crippen LogP contribution in [-0.2, 0) is 21.2 Å². The Labute approximate surface area is 208 Å². The molecule has 35 heavy (non-hydrogen) atoms. The summed E-state index contributed by atoms with van der Waals surface area (Å²) in [5.41, 5.74) is 0.00280. The molecule has 2 saturated heterocycles. The Bertz CT molecular complexity index is 1060. The second-order valence-corrected chi connectivity index (χ2v) is 13.3. The zero-order chi connectivity index (χ0) is 25.0. The number of amides is 1. The van der Waals surface area contributed by atoms with Gasteiger partial charge in [-0.1, -0.05) is 0 Å². The van der Waals surface area contributed by atoms with Crippen LogP contribution in [0.2, 0.25) is 0 Å². The maximum Gasteiger partial charge on any atom is 0.228 e. The molecule has 0 bridgehead atoms. The topological polar surface area (TPSA) is 119 Å². The van der Waals surface area contributed by atoms with Crippen molar-refractivity contribution in [1.82, 2.24) is 19.2 Å². The van der Waals surface area contributed by atoms with Crippen molar-refractivity contribution in [2.75, 3.05) is 36.4 Å². The van der Waals surface area contributed by atoms with Crippen molar-refractivity contribution in [3.05, 3.63) is 11.8 Å². The molecule has 0 radical (unpaired) electrons. The van der Waals surface area contributed by atoms with E-state index in [1.807, 2.05) is 0 Å². The minimum Gasteiger partial charge on any atom is -0.388 e. The summed E-state index contributed by atoms with van der Waals surface area (Å²) in [7, 11) is -3.27. The molecular formula is C24H38N6O4S. The quantitative estimate of drug-likeness (QED) is 0.594. The largest absolute Gasteiger partial charge is 0.388 e. The second-order valence-electron chi connectivity index (χ2n) is 11.1. The van der Waals surface area contributed by atoms with Crippen molar-refractivity contribution in [3.63, 3.8) is 0 Å². The first-order valence-electron chi connectivity index (χ1n) is 13.0. The van der Waals surface area contributed by atoms with Crippen LogP contribution in [0.1, 0.15) is 64.9 Å². The van der Waals surface area contributed by atoms with E-state index in [1.54, 1.807) is 22.3 Å². The van der Waals surface area contributed by atoms with E-state index in [0.29, 0.717) is 76.1 Å². The molecule has 1 aromatic rings. The number of anilines is 2. The van der Waals surface area contributed by atoms with Crippen LogP contribution < -0.4 is 10.2 Å². The molecule has 1 saturated carbocycles. The molecule has 194 valence electrons. The molecule has 2 atom stereocenters. The van der Waals surface area contributed by atoms with Gasteiger partial charge in [-0.05, 0) is 59.3 Å². The molecule has 0 spiro atoms. The number of sulfonamides is 1. The first kappa shape index (κ1) is 24.9. The number of aliphatic hydroxyl groups is 1. The molecule has 3 fully saturated rings. The highest BCUT2D eigenvalue weighted by Crippen LogP contribution is 2.39. The molecule has 10 nitrogen and oxygen atoms in total. The SMILES string of the molecule is CC(C)N1CC(S(=O)(=O)N2CCC(Nc3ncc4c(n3)N([C@H]3CCC[C@]3(C)O)C(=O)CC4)CC2)C1. The highest BCUT2D eigenvalue weighted by Gasteiger charge is 2.45. The Balaban J connectivity index is 1.23. The third-order valence-corrected chi connectivity index (χ3v) is 10.5. The van der Waals surface area contributed by atoms with Crippen molar-refractivity contribution < 1.29 is 18.3 Å². The van der Waals surface area contributed by atoms with E-state index >= 15 is 0 Å². The number of nitrogens with zero attached hydrogens (tertiary/aromatic N) is 5. The number of carbonyl (C=O) groups excluding carboxylic acids is 1. The van der Waals surface area contributed by atoms with Gasteiger partial charge in [0, 0.05) is 56.4 Å². The minimum absolute atomic E-state index is 0.000124. The maximum atomic E-state index is 13.0. The summed E-state index contributed by atoms with van der Waals surface area (Å²) in [5, 5.41) is 13.9. The molecule has 11 heteroatoms. The fourth-order valence-corrected chi connectivity index (χ4v) is 7.82. The van der Waals surface area contributed by atoms with Crippen molar-refractivity contribution >= 4 is 27.7 Å². The summed E-state index contributed by atoms with van der Waals surface area (Å²) in [6.45, 7) is 8.19. The van der Waals surface area contributed by atoms with Crippen LogP contribution >= 0.6 is 0 Å². The summed E-state index contributed by atoms with van der Waals surface area (Å²) in [4.78, 5) is 26.0. The Morgan fingerprint density at radius 2 is 1.89 bits per heavy atom. The lowest BCUT2D eigenvalue weighted by Crippen LogP contribution is -2.61. The molecule has 3 aliphatic heterocycles. The van der Waals surface area contributed by atoms with Crippen molar-refractivity contribution in [2.24, 2.45) is 0 Å². The number of hydrogen-bond donors (Lipinski definition) is 2. The van der Waals surface area contributed by atoms with Gasteiger partial charge in [-0.2, -0.15) is 4.98 Å². The van der Waals surface area contributed by atoms with Gasteiger partial charge in [0.25, 0.3) is 0 Å². The van der Waals surface area contributed by atoms with Crippen LogP contribution in [0.5, 0.6) is 0 Å². The van der Waals surface area contributed by atoms with E-state index in [-0.39, 0.29) is 23.2 Å². The Hall–Kier alpha value is -1.82. The number of rotatable bonds is 6. The molecule has 2 N–H and O–H groups in total. The van der Waals surface area contributed by atoms with Crippen molar-refractivity contribution in [2.45, 2.75) is 94.7 Å². The third kappa shape index (κ3) is 4.68. The van der Waals surface area contributed by atoms with Gasteiger partial charge in [0.15, 0.2) is 0 Å². The summed E-state index contributed by atoms with van der Waals surface area (Å²) in [6, 6.07) is 0.165. The standard InChI is InChI=1S/C24H38N6O4S/c1-16(2)28-14-19(15-28)35(33,34)29-11-8-18(9-12-29)26-23-25-13-17-6-7-21(31)30(22(17)27-23)20-5-4-10-24(20,3)32/h13,16,18-20,32H,4-12,14-15H2,1-3H3,(H,25,26,27)/t20-,24-/m0/s1. The van der Waals surface area contributed by atoms with Gasteiger partial charge < -0.3 is 10.4 Å². The van der Waals surface area contributed by atoms with Gasteiger partial charge in [-0.25, -0.2) is 17.7 Å². The van der Waals surface area contributed by atoms with Gasteiger partial charge in [0.1, 0.15) is 11.1 Å². The van der Waals surface area contributed by atoms with E-state index < -0.39 is 15.6 Å². The van der Waals surface area contributed by atoms with Gasteiger partial charge >= 0.3 is 0 Å². The van der Waals surface area contributed by atoms with E-state index in [2.05, 4.69) is 29.0 Å². The first-order valence-corrected chi connectivity index (χ1v) is 14.5. The molecule has 5 rings (SSSR count). The molecule has 1 amide bonds. The molecule has 1 aromatic heterocycles. The van der Waals surface area contributed by atoms with Crippen molar-refractivity contribution in [1.29, 1.82) is 0 Å². The number of nitrogens with one attached hydrogen (secondary N) is 1. The van der Waals surface area contributed by atoms with Gasteiger partial charge in [-0.15, -0.1) is 0 Å². The average Bonchev–Trinajstić information content (AvgIpc) is 3.11. The smallest absolute Gasteiger partial charge is 0.228 e. The number of fused-ring (bicyclic) bond motifs is 1. The van der Waals surface area contributed by atoms with E-state index in [1.165, 1.54) is 0 Å². The van der Waals surface area contributed by atoms with Gasteiger partial charge in [0.2, 0.25) is 21.9 Å². The number of piperidine rings is 1. The first-order chi connectivity index (χ1) is 16.6. The summed E-state index contributed by atoms with van der Waals surface area (Å²) < 4.78 is 27.6. The Morgan fingerprint density at radius 3 is 2.51 bits per heavy atom. The van der Waals surface area contributed by atoms with Gasteiger partial charge in [-0.3, -0.25) is 14.6 Å². The van der Waals surface area contributed by atoms with Crippen LogP contribution in [0, 0.1) is 0 Å². The lowest BCUT2D eigenvalue weighted by Gasteiger charge is -2.44. The molecule has 4 heterocycles. The lowest BCUT2D eigenvalue weighted by atomic mass is 9.95. The highest BCUT2D eigenvalue weighted by atomic mass is 32.2.